The smallest absolute Gasteiger partial charge is 0.261 e. The van der Waals surface area contributed by atoms with E-state index in [-0.39, 0.29) is 18.0 Å². The number of rotatable bonds is 4. The number of nitrogens with zero attached hydrogens (tertiary/aromatic N) is 3. The Bertz CT molecular complexity index is 1200. The van der Waals surface area contributed by atoms with Crippen molar-refractivity contribution in [3.8, 4) is 0 Å². The minimum absolute atomic E-state index is 0.139. The van der Waals surface area contributed by atoms with E-state index in [1.165, 1.54) is 4.57 Å². The molecule has 0 aliphatic carbocycles. The zero-order chi connectivity index (χ0) is 21.3. The summed E-state index contributed by atoms with van der Waals surface area (Å²) in [5, 5.41) is 3.60. The molecule has 1 fully saturated rings. The Morgan fingerprint density at radius 2 is 1.87 bits per heavy atom. The lowest BCUT2D eigenvalue weighted by atomic mass is 10.1. The summed E-state index contributed by atoms with van der Waals surface area (Å²) in [5.74, 6) is -0.136. The molecule has 1 aliphatic rings. The van der Waals surface area contributed by atoms with Crippen LogP contribution in [0.2, 0.25) is 5.02 Å². The lowest BCUT2D eigenvalue weighted by molar-refractivity contribution is -0.116. The van der Waals surface area contributed by atoms with Crippen LogP contribution in [-0.2, 0) is 11.3 Å². The van der Waals surface area contributed by atoms with Crippen molar-refractivity contribution in [3.63, 3.8) is 0 Å². The van der Waals surface area contributed by atoms with Gasteiger partial charge in [-0.15, -0.1) is 0 Å². The second-order valence-corrected chi connectivity index (χ2v) is 7.74. The topological polar surface area (TPSA) is 84.3 Å². The molecule has 1 saturated heterocycles. The maximum absolute atomic E-state index is 12.8. The van der Waals surface area contributed by atoms with Crippen molar-refractivity contribution >= 4 is 40.0 Å². The van der Waals surface area contributed by atoms with Gasteiger partial charge in [0.2, 0.25) is 5.91 Å². The molecule has 0 radical (unpaired) electrons. The first-order valence-corrected chi connectivity index (χ1v) is 10.2. The molecule has 0 saturated carbocycles. The van der Waals surface area contributed by atoms with Crippen molar-refractivity contribution in [1.82, 2.24) is 14.5 Å². The van der Waals surface area contributed by atoms with Crippen molar-refractivity contribution in [2.24, 2.45) is 0 Å². The number of aromatic nitrogens is 2. The van der Waals surface area contributed by atoms with Crippen LogP contribution in [0.25, 0.3) is 10.9 Å². The summed E-state index contributed by atoms with van der Waals surface area (Å²) >= 11 is 6.10. The van der Waals surface area contributed by atoms with Crippen LogP contribution in [0.1, 0.15) is 29.0 Å². The summed E-state index contributed by atoms with van der Waals surface area (Å²) in [5.41, 5.74) is 1.02. The number of aryl methyl sites for hydroxylation is 1. The predicted molar refractivity (Wildman–Crippen MR) is 116 cm³/mol. The van der Waals surface area contributed by atoms with E-state index in [9.17, 15) is 14.4 Å². The molecule has 0 bridgehead atoms. The predicted octanol–water partition coefficient (Wildman–Crippen LogP) is 3.23. The molecule has 1 N–H and O–H groups in total. The summed E-state index contributed by atoms with van der Waals surface area (Å²) in [4.78, 5) is 44.6. The quantitative estimate of drug-likeness (QED) is 0.696. The number of likely N-dealkylation sites (tertiary alicyclic amines) is 1. The number of nitrogens with one attached hydrogen (secondary N) is 1. The molecule has 0 spiro atoms. The number of halogens is 1. The van der Waals surface area contributed by atoms with Crippen LogP contribution in [-0.4, -0.2) is 39.4 Å². The monoisotopic (exact) mass is 424 g/mol. The summed E-state index contributed by atoms with van der Waals surface area (Å²) in [6, 6.07) is 11.8. The standard InChI is InChI=1S/C22H21ClN4O3/c1-14-24-18-7-3-2-6-16(18)22(30)27(14)13-20(28)25-19-12-15(23)8-9-17(19)21(29)26-10-4-5-11-26/h2-3,6-9,12H,4-5,10-11,13H2,1H3,(H,25,28). The van der Waals surface area contributed by atoms with Crippen LogP contribution in [0.15, 0.2) is 47.3 Å². The number of anilines is 1. The van der Waals surface area contributed by atoms with E-state index in [4.69, 9.17) is 11.6 Å². The molecular formula is C22H21ClN4O3. The van der Waals surface area contributed by atoms with Gasteiger partial charge in [0.05, 0.1) is 22.2 Å². The fourth-order valence-corrected chi connectivity index (χ4v) is 3.87. The van der Waals surface area contributed by atoms with Gasteiger partial charge in [0.15, 0.2) is 0 Å². The Balaban J connectivity index is 1.61. The summed E-state index contributed by atoms with van der Waals surface area (Å²) < 4.78 is 1.32. The van der Waals surface area contributed by atoms with Gasteiger partial charge < -0.3 is 10.2 Å². The summed E-state index contributed by atoms with van der Waals surface area (Å²) in [6.07, 6.45) is 1.94. The van der Waals surface area contributed by atoms with E-state index in [1.807, 2.05) is 6.07 Å². The number of para-hydroxylation sites is 1. The first-order valence-electron chi connectivity index (χ1n) is 9.79. The molecule has 154 valence electrons. The molecule has 3 aromatic rings. The molecule has 0 atom stereocenters. The van der Waals surface area contributed by atoms with E-state index in [0.717, 1.165) is 12.8 Å². The van der Waals surface area contributed by atoms with Crippen molar-refractivity contribution in [2.45, 2.75) is 26.3 Å². The first-order chi connectivity index (χ1) is 14.4. The van der Waals surface area contributed by atoms with Gasteiger partial charge in [0.1, 0.15) is 12.4 Å². The molecule has 30 heavy (non-hydrogen) atoms. The van der Waals surface area contributed by atoms with Gasteiger partial charge in [-0.1, -0.05) is 23.7 Å². The van der Waals surface area contributed by atoms with E-state index in [2.05, 4.69) is 10.3 Å². The number of fused-ring (bicyclic) bond motifs is 1. The van der Waals surface area contributed by atoms with E-state index >= 15 is 0 Å². The number of benzene rings is 2. The van der Waals surface area contributed by atoms with E-state index in [1.54, 1.807) is 48.2 Å². The molecule has 1 aliphatic heterocycles. The van der Waals surface area contributed by atoms with Crippen LogP contribution in [0.5, 0.6) is 0 Å². The van der Waals surface area contributed by atoms with Crippen LogP contribution in [0.4, 0.5) is 5.69 Å². The number of hydrogen-bond donors (Lipinski definition) is 1. The molecule has 4 rings (SSSR count). The van der Waals surface area contributed by atoms with E-state index < -0.39 is 5.91 Å². The Morgan fingerprint density at radius 1 is 1.13 bits per heavy atom. The second-order valence-electron chi connectivity index (χ2n) is 7.30. The second kappa shape index (κ2) is 8.28. The summed E-state index contributed by atoms with van der Waals surface area (Å²) in [6.45, 7) is 2.87. The van der Waals surface area contributed by atoms with Crippen LogP contribution in [0, 0.1) is 6.92 Å². The number of carbonyl (C=O) groups excluding carboxylic acids is 2. The third kappa shape index (κ3) is 3.93. The van der Waals surface area contributed by atoms with Crippen LogP contribution in [0.3, 0.4) is 0 Å². The van der Waals surface area contributed by atoms with Gasteiger partial charge in [0, 0.05) is 18.1 Å². The normalized spacial score (nSPS) is 13.6. The highest BCUT2D eigenvalue weighted by atomic mass is 35.5. The Kier molecular flexibility index (Phi) is 5.55. The molecule has 1 aromatic heterocycles. The Labute approximate surface area is 178 Å². The van der Waals surface area contributed by atoms with Gasteiger partial charge in [-0.2, -0.15) is 0 Å². The SMILES string of the molecule is Cc1nc2ccccc2c(=O)n1CC(=O)Nc1cc(Cl)ccc1C(=O)N1CCCC1. The minimum Gasteiger partial charge on any atom is -0.339 e. The zero-order valence-corrected chi connectivity index (χ0v) is 17.3. The van der Waals surface area contributed by atoms with Crippen molar-refractivity contribution in [1.29, 1.82) is 0 Å². The van der Waals surface area contributed by atoms with Gasteiger partial charge in [-0.3, -0.25) is 19.0 Å². The number of carbonyl (C=O) groups is 2. The molecule has 7 nitrogen and oxygen atoms in total. The maximum Gasteiger partial charge on any atom is 0.261 e. The highest BCUT2D eigenvalue weighted by Gasteiger charge is 2.23. The Morgan fingerprint density at radius 3 is 2.63 bits per heavy atom. The van der Waals surface area contributed by atoms with Crippen molar-refractivity contribution in [2.75, 3.05) is 18.4 Å². The van der Waals surface area contributed by atoms with Crippen LogP contribution >= 0.6 is 11.6 Å². The zero-order valence-electron chi connectivity index (χ0n) is 16.5. The van der Waals surface area contributed by atoms with E-state index in [0.29, 0.717) is 46.1 Å². The third-order valence-electron chi connectivity index (χ3n) is 5.23. The minimum atomic E-state index is -0.435. The molecule has 2 amide bonds. The number of hydrogen-bond acceptors (Lipinski definition) is 4. The maximum atomic E-state index is 12.8. The van der Waals surface area contributed by atoms with Crippen LogP contribution < -0.4 is 10.9 Å². The Hall–Kier alpha value is -3.19. The third-order valence-corrected chi connectivity index (χ3v) is 5.47. The number of amides is 2. The molecule has 8 heteroatoms. The van der Waals surface area contributed by atoms with Gasteiger partial charge in [0.25, 0.3) is 11.5 Å². The van der Waals surface area contributed by atoms with Gasteiger partial charge in [-0.05, 0) is 50.1 Å². The lowest BCUT2D eigenvalue weighted by Gasteiger charge is -2.18. The highest BCUT2D eigenvalue weighted by Crippen LogP contribution is 2.24. The van der Waals surface area contributed by atoms with Gasteiger partial charge in [-0.25, -0.2) is 4.98 Å². The largest absolute Gasteiger partial charge is 0.339 e. The average Bonchev–Trinajstić information content (AvgIpc) is 3.26. The molecule has 2 heterocycles. The molecule has 0 unspecified atom stereocenters. The average molecular weight is 425 g/mol. The van der Waals surface area contributed by atoms with Crippen molar-refractivity contribution < 1.29 is 9.59 Å². The van der Waals surface area contributed by atoms with Gasteiger partial charge >= 0.3 is 0 Å². The lowest BCUT2D eigenvalue weighted by Crippen LogP contribution is -2.31. The molecular weight excluding hydrogens is 404 g/mol. The first kappa shape index (κ1) is 20.1. The fraction of sp³-hybridized carbons (Fsp3) is 0.273. The fourth-order valence-electron chi connectivity index (χ4n) is 3.70. The molecule has 2 aromatic carbocycles. The summed E-state index contributed by atoms with van der Waals surface area (Å²) in [7, 11) is 0. The highest BCUT2D eigenvalue weighted by molar-refractivity contribution is 6.31. The van der Waals surface area contributed by atoms with Crippen molar-refractivity contribution in [3.05, 3.63) is 69.2 Å².